The smallest absolute Gasteiger partial charge is 0.241 e. The molecule has 3 rings (SSSR count). The van der Waals surface area contributed by atoms with Gasteiger partial charge in [-0.1, -0.05) is 5.16 Å². The number of hydrogen-bond acceptors (Lipinski definition) is 6. The Hall–Kier alpha value is -1.73. The summed E-state index contributed by atoms with van der Waals surface area (Å²) in [5, 5.41) is 8.06. The van der Waals surface area contributed by atoms with E-state index in [9.17, 15) is 4.79 Å². The van der Waals surface area contributed by atoms with E-state index in [1.54, 1.807) is 11.3 Å². The van der Waals surface area contributed by atoms with Crippen molar-refractivity contribution in [1.82, 2.24) is 19.9 Å². The van der Waals surface area contributed by atoms with Crippen LogP contribution in [-0.4, -0.2) is 52.0 Å². The molecule has 2 aromatic rings. The SMILES string of the molecule is CC(C)N(C)C(=O)C1CCN(Cc2nc(-c3ccsc3)no2)CC1. The van der Waals surface area contributed by atoms with Gasteiger partial charge in [-0.2, -0.15) is 16.3 Å². The highest BCUT2D eigenvalue weighted by Gasteiger charge is 2.28. The van der Waals surface area contributed by atoms with Crippen LogP contribution in [0, 0.1) is 5.92 Å². The van der Waals surface area contributed by atoms with Gasteiger partial charge in [0.15, 0.2) is 0 Å². The van der Waals surface area contributed by atoms with Crippen molar-refractivity contribution in [2.24, 2.45) is 5.92 Å². The first-order chi connectivity index (χ1) is 11.5. The number of thiophene rings is 1. The molecule has 0 unspecified atom stereocenters. The van der Waals surface area contributed by atoms with Gasteiger partial charge >= 0.3 is 0 Å². The third-order valence-electron chi connectivity index (χ3n) is 4.67. The lowest BCUT2D eigenvalue weighted by Gasteiger charge is -2.33. The second-order valence-corrected chi connectivity index (χ2v) is 7.40. The first-order valence-corrected chi connectivity index (χ1v) is 9.33. The lowest BCUT2D eigenvalue weighted by molar-refractivity contribution is -0.137. The molecule has 7 heteroatoms. The summed E-state index contributed by atoms with van der Waals surface area (Å²) < 4.78 is 5.36. The van der Waals surface area contributed by atoms with Gasteiger partial charge in [0.25, 0.3) is 0 Å². The topological polar surface area (TPSA) is 62.5 Å². The van der Waals surface area contributed by atoms with Gasteiger partial charge < -0.3 is 9.42 Å². The number of likely N-dealkylation sites (tertiary alicyclic amines) is 1. The Labute approximate surface area is 146 Å². The molecular formula is C17H24N4O2S. The second-order valence-electron chi connectivity index (χ2n) is 6.62. The van der Waals surface area contributed by atoms with Crippen LogP contribution in [0.2, 0.25) is 0 Å². The van der Waals surface area contributed by atoms with Gasteiger partial charge in [0.2, 0.25) is 17.6 Å². The van der Waals surface area contributed by atoms with Crippen molar-refractivity contribution in [3.63, 3.8) is 0 Å². The third kappa shape index (κ3) is 3.84. The minimum Gasteiger partial charge on any atom is -0.343 e. The van der Waals surface area contributed by atoms with Crippen LogP contribution in [0.25, 0.3) is 11.4 Å². The van der Waals surface area contributed by atoms with E-state index in [0.29, 0.717) is 18.3 Å². The molecular weight excluding hydrogens is 324 g/mol. The number of nitrogens with zero attached hydrogens (tertiary/aromatic N) is 4. The Bertz CT molecular complexity index is 660. The van der Waals surface area contributed by atoms with Gasteiger partial charge in [-0.25, -0.2) is 0 Å². The third-order valence-corrected chi connectivity index (χ3v) is 5.35. The van der Waals surface area contributed by atoms with Crippen molar-refractivity contribution in [1.29, 1.82) is 0 Å². The molecule has 1 aliphatic heterocycles. The molecule has 1 saturated heterocycles. The summed E-state index contributed by atoms with van der Waals surface area (Å²) in [5.74, 6) is 1.69. The van der Waals surface area contributed by atoms with Crippen molar-refractivity contribution < 1.29 is 9.32 Å². The highest BCUT2D eigenvalue weighted by molar-refractivity contribution is 7.08. The summed E-state index contributed by atoms with van der Waals surface area (Å²) in [5.41, 5.74) is 0.996. The molecule has 0 saturated carbocycles. The first-order valence-electron chi connectivity index (χ1n) is 8.38. The monoisotopic (exact) mass is 348 g/mol. The number of rotatable bonds is 5. The van der Waals surface area contributed by atoms with Gasteiger partial charge in [0, 0.05) is 30.0 Å². The average Bonchev–Trinajstić information content (AvgIpc) is 3.25. The summed E-state index contributed by atoms with van der Waals surface area (Å²) >= 11 is 1.62. The summed E-state index contributed by atoms with van der Waals surface area (Å²) in [6.07, 6.45) is 1.78. The molecule has 1 aliphatic rings. The molecule has 6 nitrogen and oxygen atoms in total. The van der Waals surface area contributed by atoms with E-state index < -0.39 is 0 Å². The molecule has 0 N–H and O–H groups in total. The lowest BCUT2D eigenvalue weighted by atomic mass is 9.95. The summed E-state index contributed by atoms with van der Waals surface area (Å²) in [6, 6.07) is 2.24. The van der Waals surface area contributed by atoms with Crippen LogP contribution in [0.1, 0.15) is 32.6 Å². The molecule has 0 spiro atoms. The molecule has 2 aromatic heterocycles. The molecule has 1 amide bonds. The van der Waals surface area contributed by atoms with E-state index in [2.05, 4.69) is 15.0 Å². The Morgan fingerprint density at radius 1 is 1.46 bits per heavy atom. The summed E-state index contributed by atoms with van der Waals surface area (Å²) in [6.45, 7) is 6.52. The zero-order chi connectivity index (χ0) is 17.1. The normalized spacial score (nSPS) is 16.7. The van der Waals surface area contributed by atoms with Crippen LogP contribution in [0.5, 0.6) is 0 Å². The van der Waals surface area contributed by atoms with Crippen molar-refractivity contribution in [3.05, 3.63) is 22.7 Å². The predicted octanol–water partition coefficient (Wildman–Crippen LogP) is 2.88. The first kappa shape index (κ1) is 17.1. The number of aromatic nitrogens is 2. The maximum Gasteiger partial charge on any atom is 0.241 e. The van der Waals surface area contributed by atoms with Crippen LogP contribution < -0.4 is 0 Å². The van der Waals surface area contributed by atoms with E-state index in [1.807, 2.05) is 42.6 Å². The molecule has 0 radical (unpaired) electrons. The van der Waals surface area contributed by atoms with Crippen LogP contribution in [0.4, 0.5) is 0 Å². The summed E-state index contributed by atoms with van der Waals surface area (Å²) in [4.78, 5) is 21.0. The van der Waals surface area contributed by atoms with E-state index in [-0.39, 0.29) is 17.9 Å². The number of hydrogen-bond donors (Lipinski definition) is 0. The maximum absolute atomic E-state index is 12.4. The Balaban J connectivity index is 1.52. The standard InChI is InChI=1S/C17H24N4O2S/c1-12(2)20(3)17(22)13-4-7-21(8-5-13)10-15-18-16(19-23-15)14-6-9-24-11-14/h6,9,11-13H,4-5,7-8,10H2,1-3H3. The van der Waals surface area contributed by atoms with Crippen LogP contribution in [0.3, 0.4) is 0 Å². The predicted molar refractivity (Wildman–Crippen MR) is 93.5 cm³/mol. The molecule has 0 aromatic carbocycles. The molecule has 0 bridgehead atoms. The van der Waals surface area contributed by atoms with Crippen molar-refractivity contribution in [3.8, 4) is 11.4 Å². The lowest BCUT2D eigenvalue weighted by Crippen LogP contribution is -2.43. The Morgan fingerprint density at radius 3 is 2.83 bits per heavy atom. The minimum atomic E-state index is 0.137. The second kappa shape index (κ2) is 7.44. The Morgan fingerprint density at radius 2 is 2.21 bits per heavy atom. The van der Waals surface area contributed by atoms with Gasteiger partial charge in [0.05, 0.1) is 6.54 Å². The average molecular weight is 348 g/mol. The van der Waals surface area contributed by atoms with Crippen LogP contribution >= 0.6 is 11.3 Å². The molecule has 1 fully saturated rings. The zero-order valence-electron chi connectivity index (χ0n) is 14.4. The van der Waals surface area contributed by atoms with Crippen LogP contribution in [-0.2, 0) is 11.3 Å². The quantitative estimate of drug-likeness (QED) is 0.831. The Kier molecular flexibility index (Phi) is 5.30. The van der Waals surface area contributed by atoms with E-state index in [1.165, 1.54) is 0 Å². The van der Waals surface area contributed by atoms with E-state index >= 15 is 0 Å². The highest BCUT2D eigenvalue weighted by atomic mass is 32.1. The van der Waals surface area contributed by atoms with Crippen molar-refractivity contribution in [2.45, 2.75) is 39.3 Å². The highest BCUT2D eigenvalue weighted by Crippen LogP contribution is 2.23. The fraction of sp³-hybridized carbons (Fsp3) is 0.588. The number of piperidine rings is 1. The fourth-order valence-corrected chi connectivity index (χ4v) is 3.53. The molecule has 0 atom stereocenters. The van der Waals surface area contributed by atoms with Crippen molar-refractivity contribution in [2.75, 3.05) is 20.1 Å². The van der Waals surface area contributed by atoms with Crippen LogP contribution in [0.15, 0.2) is 21.3 Å². The zero-order valence-corrected chi connectivity index (χ0v) is 15.3. The molecule has 0 aliphatic carbocycles. The minimum absolute atomic E-state index is 0.137. The van der Waals surface area contributed by atoms with Gasteiger partial charge in [-0.15, -0.1) is 0 Å². The molecule has 24 heavy (non-hydrogen) atoms. The van der Waals surface area contributed by atoms with E-state index in [4.69, 9.17) is 4.52 Å². The van der Waals surface area contributed by atoms with Gasteiger partial charge in [-0.3, -0.25) is 9.69 Å². The summed E-state index contributed by atoms with van der Waals surface area (Å²) in [7, 11) is 1.89. The maximum atomic E-state index is 12.4. The number of carbonyl (C=O) groups is 1. The number of carbonyl (C=O) groups excluding carboxylic acids is 1. The van der Waals surface area contributed by atoms with Crippen molar-refractivity contribution >= 4 is 17.2 Å². The fourth-order valence-electron chi connectivity index (χ4n) is 2.90. The molecule has 3 heterocycles. The largest absolute Gasteiger partial charge is 0.343 e. The number of amides is 1. The molecule has 130 valence electrons. The van der Waals surface area contributed by atoms with E-state index in [0.717, 1.165) is 31.5 Å². The van der Waals surface area contributed by atoms with Gasteiger partial charge in [0.1, 0.15) is 0 Å². The van der Waals surface area contributed by atoms with Gasteiger partial charge in [-0.05, 0) is 51.2 Å².